The van der Waals surface area contributed by atoms with Crippen molar-refractivity contribution in [3.05, 3.63) is 0 Å². The second kappa shape index (κ2) is 9.17. The molecule has 2 nitrogen and oxygen atoms in total. The molecule has 0 radical (unpaired) electrons. The van der Waals surface area contributed by atoms with Crippen LogP contribution in [-0.4, -0.2) is 38.3 Å². The van der Waals surface area contributed by atoms with Crippen LogP contribution >= 0.6 is 0 Å². The van der Waals surface area contributed by atoms with Crippen molar-refractivity contribution in [2.45, 2.75) is 40.5 Å². The van der Waals surface area contributed by atoms with Gasteiger partial charge in [0.25, 0.3) is 0 Å². The average Bonchev–Trinajstić information content (AvgIpc) is 2.13. The molecule has 0 aliphatic heterocycles. The Labute approximate surface area is 96.0 Å². The summed E-state index contributed by atoms with van der Waals surface area (Å²) in [6, 6.07) is 0. The molecule has 0 aliphatic rings. The highest BCUT2D eigenvalue weighted by Crippen LogP contribution is 2.01. The van der Waals surface area contributed by atoms with E-state index in [1.807, 2.05) is 0 Å². The Morgan fingerprint density at radius 1 is 1.00 bits per heavy atom. The Hall–Kier alpha value is -0.0800. The molecular weight excluding hydrogens is 186 g/mol. The monoisotopic (exact) mass is 215 g/mol. The zero-order valence-corrected chi connectivity index (χ0v) is 11.3. The summed E-state index contributed by atoms with van der Waals surface area (Å²) in [5.41, 5.74) is 0. The predicted molar refractivity (Wildman–Crippen MR) is 67.2 cm³/mol. The maximum atomic E-state index is 5.54. The second-order valence-corrected chi connectivity index (χ2v) is 5.31. The SMILES string of the molecule is CC(C)CCN(C)CCCOCC(C)C. The average molecular weight is 215 g/mol. The molecule has 0 saturated carbocycles. The van der Waals surface area contributed by atoms with Crippen LogP contribution in [0.2, 0.25) is 0 Å². The Morgan fingerprint density at radius 2 is 1.67 bits per heavy atom. The van der Waals surface area contributed by atoms with Gasteiger partial charge in [-0.3, -0.25) is 0 Å². The van der Waals surface area contributed by atoms with Crippen molar-refractivity contribution in [3.63, 3.8) is 0 Å². The zero-order valence-electron chi connectivity index (χ0n) is 11.3. The van der Waals surface area contributed by atoms with Crippen LogP contribution < -0.4 is 0 Å². The number of hydrogen-bond acceptors (Lipinski definition) is 2. The fourth-order valence-corrected chi connectivity index (χ4v) is 1.35. The van der Waals surface area contributed by atoms with E-state index in [0.29, 0.717) is 5.92 Å². The summed E-state index contributed by atoms with van der Waals surface area (Å²) < 4.78 is 5.54. The molecule has 0 atom stereocenters. The first kappa shape index (κ1) is 14.9. The number of nitrogens with zero attached hydrogens (tertiary/aromatic N) is 1. The van der Waals surface area contributed by atoms with Gasteiger partial charge in [-0.15, -0.1) is 0 Å². The fourth-order valence-electron chi connectivity index (χ4n) is 1.35. The number of hydrogen-bond donors (Lipinski definition) is 0. The van der Waals surface area contributed by atoms with Gasteiger partial charge in [0.1, 0.15) is 0 Å². The normalized spacial score (nSPS) is 12.0. The van der Waals surface area contributed by atoms with Crippen molar-refractivity contribution in [1.82, 2.24) is 4.90 Å². The van der Waals surface area contributed by atoms with Gasteiger partial charge in [0.15, 0.2) is 0 Å². The fraction of sp³-hybridized carbons (Fsp3) is 1.00. The van der Waals surface area contributed by atoms with Gasteiger partial charge in [-0.05, 0) is 38.3 Å². The Balaban J connectivity index is 3.20. The summed E-state index contributed by atoms with van der Waals surface area (Å²) >= 11 is 0. The summed E-state index contributed by atoms with van der Waals surface area (Å²) in [4.78, 5) is 2.40. The number of ether oxygens (including phenoxy) is 1. The third-order valence-corrected chi connectivity index (χ3v) is 2.37. The molecule has 0 unspecified atom stereocenters. The van der Waals surface area contributed by atoms with Crippen LogP contribution in [-0.2, 0) is 4.74 Å². The molecule has 0 aliphatic carbocycles. The van der Waals surface area contributed by atoms with Crippen LogP contribution in [0.3, 0.4) is 0 Å². The molecular formula is C13H29NO. The molecule has 0 spiro atoms. The molecule has 92 valence electrons. The van der Waals surface area contributed by atoms with Crippen LogP contribution in [0.25, 0.3) is 0 Å². The van der Waals surface area contributed by atoms with Gasteiger partial charge in [-0.25, -0.2) is 0 Å². The summed E-state index contributed by atoms with van der Waals surface area (Å²) in [7, 11) is 2.20. The van der Waals surface area contributed by atoms with Gasteiger partial charge in [0.05, 0.1) is 0 Å². The minimum Gasteiger partial charge on any atom is -0.381 e. The van der Waals surface area contributed by atoms with Crippen LogP contribution in [0.4, 0.5) is 0 Å². The molecule has 15 heavy (non-hydrogen) atoms. The van der Waals surface area contributed by atoms with Crippen LogP contribution in [0.5, 0.6) is 0 Å². The molecule has 0 amide bonds. The van der Waals surface area contributed by atoms with Crippen molar-refractivity contribution in [2.75, 3.05) is 33.4 Å². The molecule has 0 aromatic carbocycles. The Bertz CT molecular complexity index is 134. The summed E-state index contributed by atoms with van der Waals surface area (Å²) in [5.74, 6) is 1.47. The lowest BCUT2D eigenvalue weighted by atomic mass is 10.1. The summed E-state index contributed by atoms with van der Waals surface area (Å²) in [6.45, 7) is 13.1. The van der Waals surface area contributed by atoms with Crippen LogP contribution in [0, 0.1) is 11.8 Å². The van der Waals surface area contributed by atoms with Gasteiger partial charge in [0.2, 0.25) is 0 Å². The molecule has 0 rings (SSSR count). The highest BCUT2D eigenvalue weighted by atomic mass is 16.5. The predicted octanol–water partition coefficient (Wildman–Crippen LogP) is 3.03. The first-order valence-corrected chi connectivity index (χ1v) is 6.28. The highest BCUT2D eigenvalue weighted by molar-refractivity contribution is 4.54. The highest BCUT2D eigenvalue weighted by Gasteiger charge is 2.00. The summed E-state index contributed by atoms with van der Waals surface area (Å²) in [5, 5.41) is 0. The van der Waals surface area contributed by atoms with E-state index in [-0.39, 0.29) is 0 Å². The van der Waals surface area contributed by atoms with Crippen molar-refractivity contribution < 1.29 is 4.74 Å². The third kappa shape index (κ3) is 11.8. The maximum absolute atomic E-state index is 5.54. The molecule has 0 N–H and O–H groups in total. The summed E-state index contributed by atoms with van der Waals surface area (Å²) in [6.07, 6.45) is 2.45. The van der Waals surface area contributed by atoms with Crippen molar-refractivity contribution >= 4 is 0 Å². The molecule has 0 aromatic heterocycles. The van der Waals surface area contributed by atoms with E-state index in [1.165, 1.54) is 13.0 Å². The standard InChI is InChI=1S/C13H29NO/c1-12(2)7-9-14(5)8-6-10-15-11-13(3)4/h12-13H,6-11H2,1-5H3. The van der Waals surface area contributed by atoms with Gasteiger partial charge in [0, 0.05) is 19.8 Å². The van der Waals surface area contributed by atoms with E-state index < -0.39 is 0 Å². The minimum absolute atomic E-state index is 0.656. The molecule has 0 bridgehead atoms. The first-order valence-electron chi connectivity index (χ1n) is 6.28. The molecule has 0 fully saturated rings. The quantitative estimate of drug-likeness (QED) is 0.548. The van der Waals surface area contributed by atoms with E-state index in [1.54, 1.807) is 0 Å². The van der Waals surface area contributed by atoms with Gasteiger partial charge in [-0.1, -0.05) is 27.7 Å². The topological polar surface area (TPSA) is 12.5 Å². The lowest BCUT2D eigenvalue weighted by Crippen LogP contribution is -2.23. The Kier molecular flexibility index (Phi) is 9.12. The van der Waals surface area contributed by atoms with E-state index in [0.717, 1.165) is 32.1 Å². The van der Waals surface area contributed by atoms with Gasteiger partial charge >= 0.3 is 0 Å². The third-order valence-electron chi connectivity index (χ3n) is 2.37. The first-order chi connectivity index (χ1) is 7.02. The Morgan fingerprint density at radius 3 is 2.20 bits per heavy atom. The van der Waals surface area contributed by atoms with E-state index >= 15 is 0 Å². The van der Waals surface area contributed by atoms with Crippen molar-refractivity contribution in [3.8, 4) is 0 Å². The minimum atomic E-state index is 0.656. The molecule has 0 saturated heterocycles. The largest absolute Gasteiger partial charge is 0.381 e. The lowest BCUT2D eigenvalue weighted by molar-refractivity contribution is 0.101. The molecule has 0 aromatic rings. The number of rotatable bonds is 9. The van der Waals surface area contributed by atoms with E-state index in [2.05, 4.69) is 39.6 Å². The van der Waals surface area contributed by atoms with E-state index in [9.17, 15) is 0 Å². The van der Waals surface area contributed by atoms with Crippen molar-refractivity contribution in [1.29, 1.82) is 0 Å². The van der Waals surface area contributed by atoms with Crippen molar-refractivity contribution in [2.24, 2.45) is 11.8 Å². The van der Waals surface area contributed by atoms with Gasteiger partial charge in [-0.2, -0.15) is 0 Å². The van der Waals surface area contributed by atoms with E-state index in [4.69, 9.17) is 4.74 Å². The maximum Gasteiger partial charge on any atom is 0.0489 e. The van der Waals surface area contributed by atoms with Crippen LogP contribution in [0.1, 0.15) is 40.5 Å². The van der Waals surface area contributed by atoms with Crippen LogP contribution in [0.15, 0.2) is 0 Å². The molecule has 0 heterocycles. The molecule has 2 heteroatoms. The lowest BCUT2D eigenvalue weighted by Gasteiger charge is -2.17. The smallest absolute Gasteiger partial charge is 0.0489 e. The second-order valence-electron chi connectivity index (χ2n) is 5.31. The zero-order chi connectivity index (χ0) is 11.7. The van der Waals surface area contributed by atoms with Gasteiger partial charge < -0.3 is 9.64 Å².